The standard InChI is InChI=1S/C23H45Cl.H3N/c1-4-5-6-7-8-9-10-11-12-13-14-15-16-17-18-19-20-23(24)21-22(2)3;/h21,23H,4-20H2,1-3H3;1H3. The zero-order chi connectivity index (χ0) is 17.9. The Kier molecular flexibility index (Phi) is 24.0. The molecule has 0 rings (SSSR count). The van der Waals surface area contributed by atoms with Crippen LogP contribution in [-0.4, -0.2) is 5.38 Å². The number of allylic oxidation sites excluding steroid dienone is 2. The molecule has 0 fully saturated rings. The Balaban J connectivity index is 0. The van der Waals surface area contributed by atoms with Crippen molar-refractivity contribution in [2.45, 2.75) is 135 Å². The molecular formula is C23H48ClN. The lowest BCUT2D eigenvalue weighted by atomic mass is 10.0. The number of hydrogen-bond donors (Lipinski definition) is 1. The van der Waals surface area contributed by atoms with Crippen molar-refractivity contribution in [1.82, 2.24) is 6.15 Å². The molecule has 0 bridgehead atoms. The van der Waals surface area contributed by atoms with E-state index >= 15 is 0 Å². The maximum absolute atomic E-state index is 6.26. The lowest BCUT2D eigenvalue weighted by Gasteiger charge is -2.05. The SMILES string of the molecule is CCCCCCCCCCCCCCCCCCC(Cl)C=C(C)C.N. The lowest BCUT2D eigenvalue weighted by molar-refractivity contribution is 0.527. The second-order valence-electron chi connectivity index (χ2n) is 7.85. The van der Waals surface area contributed by atoms with Crippen molar-refractivity contribution in [1.29, 1.82) is 0 Å². The smallest absolute Gasteiger partial charge is 0.0518 e. The highest BCUT2D eigenvalue weighted by atomic mass is 35.5. The van der Waals surface area contributed by atoms with E-state index in [9.17, 15) is 0 Å². The summed E-state index contributed by atoms with van der Waals surface area (Å²) in [5.41, 5.74) is 1.34. The van der Waals surface area contributed by atoms with E-state index in [0.29, 0.717) is 0 Å². The third-order valence-corrected chi connectivity index (χ3v) is 5.19. The predicted molar refractivity (Wildman–Crippen MR) is 118 cm³/mol. The van der Waals surface area contributed by atoms with Crippen molar-refractivity contribution < 1.29 is 0 Å². The van der Waals surface area contributed by atoms with Crippen molar-refractivity contribution in [3.63, 3.8) is 0 Å². The third kappa shape index (κ3) is 24.0. The first-order valence-corrected chi connectivity index (χ1v) is 11.4. The van der Waals surface area contributed by atoms with Gasteiger partial charge in [0.15, 0.2) is 0 Å². The van der Waals surface area contributed by atoms with Gasteiger partial charge in [0.05, 0.1) is 5.38 Å². The van der Waals surface area contributed by atoms with Gasteiger partial charge in [-0.05, 0) is 20.3 Å². The van der Waals surface area contributed by atoms with E-state index in [1.165, 1.54) is 108 Å². The molecule has 0 spiro atoms. The van der Waals surface area contributed by atoms with Crippen molar-refractivity contribution in [2.75, 3.05) is 0 Å². The Morgan fingerprint density at radius 3 is 1.28 bits per heavy atom. The zero-order valence-electron chi connectivity index (χ0n) is 17.8. The molecule has 0 saturated heterocycles. The van der Waals surface area contributed by atoms with E-state index in [1.54, 1.807) is 0 Å². The second kappa shape index (κ2) is 22.0. The average molecular weight is 374 g/mol. The van der Waals surface area contributed by atoms with E-state index in [2.05, 4.69) is 26.8 Å². The van der Waals surface area contributed by atoms with Crippen LogP contribution < -0.4 is 6.15 Å². The summed E-state index contributed by atoms with van der Waals surface area (Å²) in [5.74, 6) is 0. The lowest BCUT2D eigenvalue weighted by Crippen LogP contribution is -1.94. The van der Waals surface area contributed by atoms with Gasteiger partial charge in [-0.25, -0.2) is 0 Å². The molecule has 2 heteroatoms. The molecule has 25 heavy (non-hydrogen) atoms. The fourth-order valence-electron chi connectivity index (χ4n) is 3.33. The van der Waals surface area contributed by atoms with Crippen molar-refractivity contribution >= 4 is 11.6 Å². The molecule has 1 nitrogen and oxygen atoms in total. The highest BCUT2D eigenvalue weighted by Crippen LogP contribution is 2.16. The Hall–Kier alpha value is -0.0100. The van der Waals surface area contributed by atoms with Crippen LogP contribution in [0.4, 0.5) is 0 Å². The monoisotopic (exact) mass is 373 g/mol. The highest BCUT2D eigenvalue weighted by Gasteiger charge is 2.00. The summed E-state index contributed by atoms with van der Waals surface area (Å²) in [7, 11) is 0. The maximum Gasteiger partial charge on any atom is 0.0518 e. The van der Waals surface area contributed by atoms with Crippen molar-refractivity contribution in [3.05, 3.63) is 11.6 Å². The van der Waals surface area contributed by atoms with Crippen LogP contribution in [0.2, 0.25) is 0 Å². The van der Waals surface area contributed by atoms with Crippen LogP contribution in [0.5, 0.6) is 0 Å². The van der Waals surface area contributed by atoms with E-state index in [0.717, 1.165) is 6.42 Å². The molecule has 152 valence electrons. The molecule has 0 heterocycles. The molecule has 0 aromatic heterocycles. The summed E-state index contributed by atoms with van der Waals surface area (Å²) < 4.78 is 0. The number of alkyl halides is 1. The number of halogens is 1. The fraction of sp³-hybridized carbons (Fsp3) is 0.913. The van der Waals surface area contributed by atoms with Gasteiger partial charge in [-0.3, -0.25) is 0 Å². The summed E-state index contributed by atoms with van der Waals surface area (Å²) in [6, 6.07) is 0. The first-order valence-electron chi connectivity index (χ1n) is 11.0. The van der Waals surface area contributed by atoms with Gasteiger partial charge < -0.3 is 6.15 Å². The van der Waals surface area contributed by atoms with Crippen LogP contribution in [0, 0.1) is 0 Å². The van der Waals surface area contributed by atoms with Gasteiger partial charge in [-0.15, -0.1) is 11.6 Å². The number of unbranched alkanes of at least 4 members (excludes halogenated alkanes) is 15. The summed E-state index contributed by atoms with van der Waals surface area (Å²) in [4.78, 5) is 0. The van der Waals surface area contributed by atoms with Crippen LogP contribution in [0.1, 0.15) is 130 Å². The minimum atomic E-state index is 0. The van der Waals surface area contributed by atoms with E-state index in [1.807, 2.05) is 0 Å². The topological polar surface area (TPSA) is 35.0 Å². The summed E-state index contributed by atoms with van der Waals surface area (Å²) in [6.07, 6.45) is 26.2. The molecule has 0 radical (unpaired) electrons. The van der Waals surface area contributed by atoms with Crippen LogP contribution in [0.25, 0.3) is 0 Å². The van der Waals surface area contributed by atoms with Gasteiger partial charge in [-0.2, -0.15) is 0 Å². The molecule has 0 aromatic carbocycles. The van der Waals surface area contributed by atoms with E-state index < -0.39 is 0 Å². The van der Waals surface area contributed by atoms with Crippen molar-refractivity contribution in [3.8, 4) is 0 Å². The van der Waals surface area contributed by atoms with Gasteiger partial charge in [0.25, 0.3) is 0 Å². The first-order chi connectivity index (χ1) is 11.7. The molecule has 1 unspecified atom stereocenters. The van der Waals surface area contributed by atoms with Crippen LogP contribution in [0.15, 0.2) is 11.6 Å². The summed E-state index contributed by atoms with van der Waals surface area (Å²) in [6.45, 7) is 6.55. The van der Waals surface area contributed by atoms with Crippen LogP contribution >= 0.6 is 11.6 Å². The van der Waals surface area contributed by atoms with Gasteiger partial charge >= 0.3 is 0 Å². The van der Waals surface area contributed by atoms with Gasteiger partial charge in [0.2, 0.25) is 0 Å². The van der Waals surface area contributed by atoms with Crippen LogP contribution in [-0.2, 0) is 0 Å². The average Bonchev–Trinajstić information content (AvgIpc) is 2.53. The summed E-state index contributed by atoms with van der Waals surface area (Å²) >= 11 is 6.26. The Labute approximate surface area is 165 Å². The molecule has 0 saturated carbocycles. The molecule has 0 aliphatic heterocycles. The molecule has 1 atom stereocenters. The molecule has 0 amide bonds. The molecular weight excluding hydrogens is 326 g/mol. The molecule has 0 aromatic rings. The maximum atomic E-state index is 6.26. The number of hydrogen-bond acceptors (Lipinski definition) is 1. The molecule has 0 aliphatic rings. The van der Waals surface area contributed by atoms with Gasteiger partial charge in [-0.1, -0.05) is 121 Å². The Morgan fingerprint density at radius 2 is 0.960 bits per heavy atom. The van der Waals surface area contributed by atoms with Crippen molar-refractivity contribution in [2.24, 2.45) is 0 Å². The molecule has 0 aliphatic carbocycles. The first kappa shape index (κ1) is 27.2. The predicted octanol–water partition coefficient (Wildman–Crippen LogP) is 9.37. The van der Waals surface area contributed by atoms with Gasteiger partial charge in [0.1, 0.15) is 0 Å². The highest BCUT2D eigenvalue weighted by molar-refractivity contribution is 6.21. The number of rotatable bonds is 18. The van der Waals surface area contributed by atoms with E-state index in [-0.39, 0.29) is 11.5 Å². The minimum absolute atomic E-state index is 0. The minimum Gasteiger partial charge on any atom is -0.344 e. The molecule has 3 N–H and O–H groups in total. The normalized spacial score (nSPS) is 11.8. The second-order valence-corrected chi connectivity index (χ2v) is 8.41. The quantitative estimate of drug-likeness (QED) is 0.145. The van der Waals surface area contributed by atoms with Gasteiger partial charge in [0, 0.05) is 0 Å². The van der Waals surface area contributed by atoms with Crippen LogP contribution in [0.3, 0.4) is 0 Å². The zero-order valence-corrected chi connectivity index (χ0v) is 18.5. The third-order valence-electron chi connectivity index (χ3n) is 4.85. The fourth-order valence-corrected chi connectivity index (χ4v) is 3.74. The Bertz CT molecular complexity index is 271. The van der Waals surface area contributed by atoms with E-state index in [4.69, 9.17) is 11.6 Å². The Morgan fingerprint density at radius 1 is 0.640 bits per heavy atom. The summed E-state index contributed by atoms with van der Waals surface area (Å²) in [5, 5.41) is 0.252. The largest absolute Gasteiger partial charge is 0.344 e.